The van der Waals surface area contributed by atoms with Crippen LogP contribution >= 0.6 is 0 Å². The average Bonchev–Trinajstić information content (AvgIpc) is 3.19. The number of unbranched alkanes of at least 4 members (excludes halogenated alkanes) is 27. The molecule has 2 atom stereocenters. The van der Waals surface area contributed by atoms with Gasteiger partial charge in [-0.25, -0.2) is 4.79 Å². The van der Waals surface area contributed by atoms with E-state index in [0.29, 0.717) is 19.3 Å². The second-order valence-electron chi connectivity index (χ2n) is 18.1. The molecule has 0 rings (SSSR count). The number of likely N-dealkylation sites (N-methyl/N-ethyl adjacent to an activating group) is 1. The largest absolute Gasteiger partial charge is 0.477 e. The molecule has 0 bridgehead atoms. The summed E-state index contributed by atoms with van der Waals surface area (Å²) in [5, 5.41) is 9.64. The van der Waals surface area contributed by atoms with Crippen molar-refractivity contribution in [1.29, 1.82) is 0 Å². The van der Waals surface area contributed by atoms with Crippen molar-refractivity contribution >= 4 is 17.9 Å². The lowest BCUT2D eigenvalue weighted by Gasteiger charge is -2.31. The van der Waals surface area contributed by atoms with E-state index < -0.39 is 18.1 Å². The Bertz CT molecular complexity index is 1020. The molecule has 0 fully saturated rings. The van der Waals surface area contributed by atoms with E-state index in [-0.39, 0.29) is 36.2 Å². The summed E-state index contributed by atoms with van der Waals surface area (Å²) in [6, 6.07) is -0.613. The summed E-state index contributed by atoms with van der Waals surface area (Å²) in [6.45, 7) is 4.66. The van der Waals surface area contributed by atoms with Crippen molar-refractivity contribution in [2.75, 3.05) is 41.0 Å². The van der Waals surface area contributed by atoms with Gasteiger partial charge in [-0.15, -0.1) is 0 Å². The van der Waals surface area contributed by atoms with Gasteiger partial charge in [-0.2, -0.15) is 0 Å². The van der Waals surface area contributed by atoms with E-state index in [4.69, 9.17) is 14.2 Å². The third kappa shape index (κ3) is 41.0. The number of quaternary nitrogens is 1. The molecule has 0 aliphatic rings. The number of carbonyl (C=O) groups is 3. The third-order valence-corrected chi connectivity index (χ3v) is 11.4. The van der Waals surface area contributed by atoms with E-state index in [2.05, 4.69) is 38.2 Å². The number of nitrogens with zero attached hydrogens (tertiary/aromatic N) is 1. The van der Waals surface area contributed by atoms with Crippen molar-refractivity contribution in [2.45, 2.75) is 244 Å². The summed E-state index contributed by atoms with van der Waals surface area (Å²) < 4.78 is 17.3. The monoisotopic (exact) mass is 835 g/mol. The number of hydrogen-bond acceptors (Lipinski definition) is 6. The van der Waals surface area contributed by atoms with Crippen molar-refractivity contribution in [3.8, 4) is 0 Å². The predicted octanol–water partition coefficient (Wildman–Crippen LogP) is 14.0. The highest BCUT2D eigenvalue weighted by Crippen LogP contribution is 2.17. The molecular weight excluding hydrogens is 739 g/mol. The third-order valence-electron chi connectivity index (χ3n) is 11.4. The highest BCUT2D eigenvalue weighted by atomic mass is 16.6. The summed E-state index contributed by atoms with van der Waals surface area (Å²) in [7, 11) is 5.54. The molecule has 8 nitrogen and oxygen atoms in total. The van der Waals surface area contributed by atoms with Gasteiger partial charge in [0.2, 0.25) is 0 Å². The van der Waals surface area contributed by atoms with Crippen LogP contribution in [0.25, 0.3) is 0 Å². The topological polar surface area (TPSA) is 99.1 Å². The Morgan fingerprint density at radius 3 is 1.39 bits per heavy atom. The van der Waals surface area contributed by atoms with Crippen LogP contribution in [0.4, 0.5) is 0 Å². The quantitative estimate of drug-likeness (QED) is 0.0282. The molecule has 0 aliphatic carbocycles. The summed E-state index contributed by atoms with van der Waals surface area (Å²) in [5.41, 5.74) is 0. The zero-order valence-corrected chi connectivity index (χ0v) is 39.5. The van der Waals surface area contributed by atoms with Gasteiger partial charge in [0.05, 0.1) is 34.4 Å². The second kappa shape index (κ2) is 42.5. The molecule has 8 heteroatoms. The van der Waals surface area contributed by atoms with Gasteiger partial charge in [0, 0.05) is 19.3 Å². The second-order valence-corrected chi connectivity index (χ2v) is 18.1. The maximum Gasteiger partial charge on any atom is 0.362 e. The Morgan fingerprint density at radius 1 is 0.525 bits per heavy atom. The fourth-order valence-electron chi connectivity index (χ4n) is 7.54. The lowest BCUT2D eigenvalue weighted by atomic mass is 10.0. The first-order chi connectivity index (χ1) is 28.6. The fraction of sp³-hybridized carbons (Fsp3) is 0.863. The van der Waals surface area contributed by atoms with Gasteiger partial charge in [0.15, 0.2) is 12.1 Å². The van der Waals surface area contributed by atoms with Gasteiger partial charge in [0.25, 0.3) is 0 Å². The van der Waals surface area contributed by atoms with Crippen LogP contribution in [0.3, 0.4) is 0 Å². The number of rotatable bonds is 45. The molecular formula is C51H96NO7+. The molecule has 0 heterocycles. The van der Waals surface area contributed by atoms with E-state index in [9.17, 15) is 19.5 Å². The van der Waals surface area contributed by atoms with Crippen LogP contribution < -0.4 is 0 Å². The molecule has 2 unspecified atom stereocenters. The van der Waals surface area contributed by atoms with Crippen LogP contribution in [0, 0.1) is 0 Å². The molecule has 0 aliphatic heterocycles. The highest BCUT2D eigenvalue weighted by molar-refractivity contribution is 5.72. The summed E-state index contributed by atoms with van der Waals surface area (Å²) in [4.78, 5) is 37.1. The van der Waals surface area contributed by atoms with E-state index in [1.165, 1.54) is 141 Å². The molecule has 0 aromatic rings. The molecule has 0 saturated heterocycles. The molecule has 1 N–H and O–H groups in total. The van der Waals surface area contributed by atoms with Gasteiger partial charge in [-0.1, -0.05) is 199 Å². The fourth-order valence-corrected chi connectivity index (χ4v) is 7.54. The number of aliphatic carboxylic acids is 1. The van der Waals surface area contributed by atoms with Gasteiger partial charge < -0.3 is 23.8 Å². The van der Waals surface area contributed by atoms with Crippen LogP contribution in [0.5, 0.6) is 0 Å². The molecule has 0 aromatic heterocycles. The van der Waals surface area contributed by atoms with Crippen molar-refractivity contribution in [2.24, 2.45) is 0 Å². The van der Waals surface area contributed by atoms with Crippen molar-refractivity contribution in [3.63, 3.8) is 0 Å². The average molecular weight is 835 g/mol. The van der Waals surface area contributed by atoms with Gasteiger partial charge in [-0.05, 0) is 38.5 Å². The first-order valence-electron chi connectivity index (χ1n) is 24.9. The first-order valence-corrected chi connectivity index (χ1v) is 24.9. The van der Waals surface area contributed by atoms with E-state index in [0.717, 1.165) is 57.8 Å². The first kappa shape index (κ1) is 56.8. The highest BCUT2D eigenvalue weighted by Gasteiger charge is 2.31. The minimum absolute atomic E-state index is 0.0507. The number of carboxylic acids is 1. The number of carboxylic acid groups (broad SMARTS) is 1. The number of allylic oxidation sites excluding steroid dienone is 4. The van der Waals surface area contributed by atoms with Crippen LogP contribution in [-0.4, -0.2) is 80.6 Å². The minimum atomic E-state index is -0.873. The molecule has 346 valence electrons. The standard InChI is InChI=1S/C51H95NO7/c1-6-8-10-12-14-16-18-20-22-23-24-25-26-27-28-30-32-34-36-38-40-42-50(54)59-47(45-57-44-43-48(51(55)56)52(3,4)5)46-58-49(53)41-39-37-35-33-31-29-21-19-17-15-13-11-9-7-2/h9,11,15,17,47-48H,6-8,10,12-14,16,18-46H2,1-5H3/p+1/b11-9+,17-15+. The van der Waals surface area contributed by atoms with Gasteiger partial charge in [0.1, 0.15) is 6.61 Å². The minimum Gasteiger partial charge on any atom is -0.477 e. The Labute approximate surface area is 364 Å². The molecule has 59 heavy (non-hydrogen) atoms. The number of hydrogen-bond donors (Lipinski definition) is 1. The molecule has 0 spiro atoms. The van der Waals surface area contributed by atoms with Crippen molar-refractivity contribution in [3.05, 3.63) is 24.3 Å². The van der Waals surface area contributed by atoms with Crippen LogP contribution in [0.15, 0.2) is 24.3 Å². The summed E-state index contributed by atoms with van der Waals surface area (Å²) >= 11 is 0. The van der Waals surface area contributed by atoms with Crippen LogP contribution in [-0.2, 0) is 28.6 Å². The van der Waals surface area contributed by atoms with Crippen LogP contribution in [0.2, 0.25) is 0 Å². The smallest absolute Gasteiger partial charge is 0.362 e. The zero-order valence-electron chi connectivity index (χ0n) is 39.5. The normalized spacial score (nSPS) is 13.0. The number of carbonyl (C=O) groups excluding carboxylic acids is 2. The Morgan fingerprint density at radius 2 is 0.949 bits per heavy atom. The molecule has 0 aromatic carbocycles. The lowest BCUT2D eigenvalue weighted by Crippen LogP contribution is -2.50. The van der Waals surface area contributed by atoms with E-state index in [1.807, 2.05) is 21.1 Å². The van der Waals surface area contributed by atoms with Gasteiger partial charge in [-0.3, -0.25) is 9.59 Å². The van der Waals surface area contributed by atoms with Crippen molar-refractivity contribution < 1.29 is 38.2 Å². The summed E-state index contributed by atoms with van der Waals surface area (Å²) in [5.74, 6) is -1.46. The molecule has 0 saturated carbocycles. The van der Waals surface area contributed by atoms with Gasteiger partial charge >= 0.3 is 17.9 Å². The predicted molar refractivity (Wildman–Crippen MR) is 248 cm³/mol. The lowest BCUT2D eigenvalue weighted by molar-refractivity contribution is -0.887. The van der Waals surface area contributed by atoms with E-state index in [1.54, 1.807) is 0 Å². The maximum absolute atomic E-state index is 12.8. The van der Waals surface area contributed by atoms with Crippen molar-refractivity contribution in [1.82, 2.24) is 0 Å². The SMILES string of the molecule is CC/C=C/C/C=C/CCCCCCCCCC(=O)OCC(COCCC(C(=O)O)[N+](C)(C)C)OC(=O)CCCCCCCCCCCCCCCCCCCCCCC. The zero-order chi connectivity index (χ0) is 43.5. The summed E-state index contributed by atoms with van der Waals surface area (Å²) in [6.07, 6.45) is 48.0. The Hall–Kier alpha value is -2.19. The maximum atomic E-state index is 12.8. The van der Waals surface area contributed by atoms with E-state index >= 15 is 0 Å². The molecule has 0 radical (unpaired) electrons. The van der Waals surface area contributed by atoms with Crippen LogP contribution in [0.1, 0.15) is 232 Å². The number of ether oxygens (including phenoxy) is 3. The Balaban J connectivity index is 4.20. The molecule has 0 amide bonds. The number of esters is 2. The Kier molecular flexibility index (Phi) is 40.9.